The summed E-state index contributed by atoms with van der Waals surface area (Å²) in [5.74, 6) is -0.793. The number of carbonyl (C=O) groups excluding carboxylic acids is 1. The number of nitrogens with one attached hydrogen (secondary N) is 1. The Hall–Kier alpha value is -2.37. The predicted octanol–water partition coefficient (Wildman–Crippen LogP) is 0.713. The highest BCUT2D eigenvalue weighted by atomic mass is 16.5. The van der Waals surface area contributed by atoms with E-state index in [-0.39, 0.29) is 11.4 Å². The SMILES string of the molecule is COC(=O)c1cccn(C(=N)/C(C)=C(/C)N)c1=O. The number of ether oxygens (including phenoxy) is 1. The molecule has 1 heterocycles. The molecule has 3 N–H and O–H groups in total. The standard InChI is InChI=1S/C12H15N3O3/c1-7(8(2)13)10(14)15-6-4-5-9(11(15)16)12(17)18-3/h4-6,14H,13H2,1-3H3/b8-7-,14-10?. The maximum atomic E-state index is 12.0. The van der Waals surface area contributed by atoms with Crippen molar-refractivity contribution < 1.29 is 9.53 Å². The Morgan fingerprint density at radius 3 is 2.56 bits per heavy atom. The molecule has 0 atom stereocenters. The molecule has 0 bridgehead atoms. The smallest absolute Gasteiger partial charge is 0.343 e. The molecule has 0 fully saturated rings. The Labute approximate surface area is 104 Å². The van der Waals surface area contributed by atoms with Crippen LogP contribution in [0.2, 0.25) is 0 Å². The van der Waals surface area contributed by atoms with Gasteiger partial charge in [0.05, 0.1) is 7.11 Å². The van der Waals surface area contributed by atoms with Gasteiger partial charge in [0.2, 0.25) is 0 Å². The lowest BCUT2D eigenvalue weighted by Gasteiger charge is -2.10. The summed E-state index contributed by atoms with van der Waals surface area (Å²) in [5.41, 5.74) is 5.77. The Morgan fingerprint density at radius 1 is 1.44 bits per heavy atom. The fourth-order valence-electron chi connectivity index (χ4n) is 1.30. The maximum Gasteiger partial charge on any atom is 0.343 e. The van der Waals surface area contributed by atoms with Crippen LogP contribution in [0.3, 0.4) is 0 Å². The van der Waals surface area contributed by atoms with Crippen molar-refractivity contribution >= 4 is 11.8 Å². The summed E-state index contributed by atoms with van der Waals surface area (Å²) in [6.45, 7) is 3.27. The number of rotatable bonds is 2. The third kappa shape index (κ3) is 2.48. The lowest BCUT2D eigenvalue weighted by Crippen LogP contribution is -2.31. The van der Waals surface area contributed by atoms with Crippen LogP contribution in [-0.2, 0) is 4.74 Å². The van der Waals surface area contributed by atoms with Gasteiger partial charge in [-0.15, -0.1) is 0 Å². The van der Waals surface area contributed by atoms with E-state index in [2.05, 4.69) is 4.74 Å². The van der Waals surface area contributed by atoms with Crippen LogP contribution in [0.5, 0.6) is 0 Å². The van der Waals surface area contributed by atoms with E-state index in [0.717, 1.165) is 4.57 Å². The Morgan fingerprint density at radius 2 is 2.06 bits per heavy atom. The number of allylic oxidation sites excluding steroid dienone is 2. The average Bonchev–Trinajstić information content (AvgIpc) is 2.36. The van der Waals surface area contributed by atoms with Gasteiger partial charge < -0.3 is 10.5 Å². The first-order valence-electron chi connectivity index (χ1n) is 5.22. The Balaban J connectivity index is 3.38. The van der Waals surface area contributed by atoms with Gasteiger partial charge in [-0.05, 0) is 26.0 Å². The lowest BCUT2D eigenvalue weighted by atomic mass is 10.2. The van der Waals surface area contributed by atoms with Crippen LogP contribution >= 0.6 is 0 Å². The first-order chi connectivity index (χ1) is 8.40. The minimum Gasteiger partial charge on any atom is -0.465 e. The van der Waals surface area contributed by atoms with Gasteiger partial charge in [-0.1, -0.05) is 0 Å². The fourth-order valence-corrected chi connectivity index (χ4v) is 1.30. The summed E-state index contributed by atoms with van der Waals surface area (Å²) in [7, 11) is 1.19. The number of aromatic nitrogens is 1. The first kappa shape index (κ1) is 13.7. The summed E-state index contributed by atoms with van der Waals surface area (Å²) in [5, 5.41) is 7.87. The van der Waals surface area contributed by atoms with Crippen molar-refractivity contribution in [1.29, 1.82) is 5.41 Å². The molecule has 96 valence electrons. The Bertz CT molecular complexity index is 580. The molecule has 0 radical (unpaired) electrons. The lowest BCUT2D eigenvalue weighted by molar-refractivity contribution is 0.0598. The molecule has 1 rings (SSSR count). The van der Waals surface area contributed by atoms with Gasteiger partial charge in [-0.25, -0.2) is 4.79 Å². The van der Waals surface area contributed by atoms with E-state index < -0.39 is 11.5 Å². The third-order valence-corrected chi connectivity index (χ3v) is 2.54. The fraction of sp³-hybridized carbons (Fsp3) is 0.250. The monoisotopic (exact) mass is 249 g/mol. The van der Waals surface area contributed by atoms with Crippen LogP contribution in [0.25, 0.3) is 0 Å². The molecule has 0 saturated carbocycles. The van der Waals surface area contributed by atoms with E-state index in [4.69, 9.17) is 11.1 Å². The number of nitrogens with two attached hydrogens (primary N) is 1. The zero-order chi connectivity index (χ0) is 13.9. The number of methoxy groups -OCH3 is 1. The van der Waals surface area contributed by atoms with Gasteiger partial charge in [0.15, 0.2) is 0 Å². The zero-order valence-corrected chi connectivity index (χ0v) is 10.5. The third-order valence-electron chi connectivity index (χ3n) is 2.54. The summed E-state index contributed by atoms with van der Waals surface area (Å²) in [6.07, 6.45) is 1.41. The summed E-state index contributed by atoms with van der Waals surface area (Å²) < 4.78 is 5.55. The topological polar surface area (TPSA) is 98.2 Å². The van der Waals surface area contributed by atoms with Crippen molar-refractivity contribution in [2.45, 2.75) is 13.8 Å². The molecular weight excluding hydrogens is 234 g/mol. The molecule has 0 aliphatic rings. The number of nitrogens with zero attached hydrogens (tertiary/aromatic N) is 1. The summed E-state index contributed by atoms with van der Waals surface area (Å²) >= 11 is 0. The average molecular weight is 249 g/mol. The van der Waals surface area contributed by atoms with Crippen molar-refractivity contribution in [3.8, 4) is 0 Å². The quantitative estimate of drug-likeness (QED) is 0.458. The van der Waals surface area contributed by atoms with Crippen LogP contribution in [0.15, 0.2) is 34.4 Å². The number of hydrogen-bond donors (Lipinski definition) is 2. The van der Waals surface area contributed by atoms with E-state index in [1.165, 1.54) is 25.4 Å². The van der Waals surface area contributed by atoms with Crippen LogP contribution in [0, 0.1) is 5.41 Å². The van der Waals surface area contributed by atoms with E-state index in [0.29, 0.717) is 11.3 Å². The Kier molecular flexibility index (Phi) is 4.04. The van der Waals surface area contributed by atoms with Gasteiger partial charge in [0.25, 0.3) is 5.56 Å². The number of carbonyl (C=O) groups is 1. The van der Waals surface area contributed by atoms with E-state index in [1.807, 2.05) is 0 Å². The second-order valence-corrected chi connectivity index (χ2v) is 3.75. The molecular formula is C12H15N3O3. The second kappa shape index (κ2) is 5.31. The molecule has 1 aromatic heterocycles. The molecule has 0 unspecified atom stereocenters. The molecule has 0 saturated heterocycles. The summed E-state index contributed by atoms with van der Waals surface area (Å²) in [4.78, 5) is 23.4. The van der Waals surface area contributed by atoms with Crippen LogP contribution < -0.4 is 11.3 Å². The first-order valence-corrected chi connectivity index (χ1v) is 5.22. The molecule has 18 heavy (non-hydrogen) atoms. The van der Waals surface area contributed by atoms with Crippen molar-refractivity contribution in [2.75, 3.05) is 7.11 Å². The van der Waals surface area contributed by atoms with E-state index >= 15 is 0 Å². The van der Waals surface area contributed by atoms with Gasteiger partial charge >= 0.3 is 5.97 Å². The number of esters is 1. The molecule has 0 amide bonds. The minimum atomic E-state index is -0.728. The second-order valence-electron chi connectivity index (χ2n) is 3.75. The van der Waals surface area contributed by atoms with Crippen LogP contribution in [0.4, 0.5) is 0 Å². The zero-order valence-electron chi connectivity index (χ0n) is 10.5. The van der Waals surface area contributed by atoms with Gasteiger partial charge in [0.1, 0.15) is 11.4 Å². The van der Waals surface area contributed by atoms with Crippen molar-refractivity contribution in [2.24, 2.45) is 5.73 Å². The van der Waals surface area contributed by atoms with E-state index in [1.54, 1.807) is 13.8 Å². The molecule has 0 aliphatic heterocycles. The molecule has 0 aliphatic carbocycles. The molecule has 6 nitrogen and oxygen atoms in total. The molecule has 0 spiro atoms. The van der Waals surface area contributed by atoms with Gasteiger partial charge in [-0.3, -0.25) is 14.8 Å². The largest absolute Gasteiger partial charge is 0.465 e. The van der Waals surface area contributed by atoms with Crippen LogP contribution in [-0.4, -0.2) is 23.5 Å². The van der Waals surface area contributed by atoms with E-state index in [9.17, 15) is 9.59 Å². The van der Waals surface area contributed by atoms with Crippen molar-refractivity contribution in [3.63, 3.8) is 0 Å². The van der Waals surface area contributed by atoms with Crippen molar-refractivity contribution in [3.05, 3.63) is 45.5 Å². The maximum absolute atomic E-state index is 12.0. The van der Waals surface area contributed by atoms with Gasteiger partial charge in [0, 0.05) is 17.5 Å². The molecule has 6 heteroatoms. The highest BCUT2D eigenvalue weighted by Gasteiger charge is 2.15. The summed E-state index contributed by atoms with van der Waals surface area (Å²) in [6, 6.07) is 2.85. The number of pyridine rings is 1. The van der Waals surface area contributed by atoms with Crippen LogP contribution in [0.1, 0.15) is 24.2 Å². The normalized spacial score (nSPS) is 11.7. The van der Waals surface area contributed by atoms with Crippen molar-refractivity contribution in [1.82, 2.24) is 4.57 Å². The van der Waals surface area contributed by atoms with Gasteiger partial charge in [-0.2, -0.15) is 0 Å². The minimum absolute atomic E-state index is 0.0641. The number of hydrogen-bond acceptors (Lipinski definition) is 5. The molecule has 1 aromatic rings. The highest BCUT2D eigenvalue weighted by Crippen LogP contribution is 2.02. The highest BCUT2D eigenvalue weighted by molar-refractivity contribution is 5.98. The predicted molar refractivity (Wildman–Crippen MR) is 67.7 cm³/mol. The molecule has 0 aromatic carbocycles.